The summed E-state index contributed by atoms with van der Waals surface area (Å²) in [5.41, 5.74) is 6.20. The smallest absolute Gasteiger partial charge is 0.129 e. The zero-order chi connectivity index (χ0) is 8.97. The van der Waals surface area contributed by atoms with E-state index in [1.165, 1.54) is 0 Å². The van der Waals surface area contributed by atoms with Gasteiger partial charge in [-0.2, -0.15) is 0 Å². The van der Waals surface area contributed by atoms with E-state index in [0.717, 1.165) is 5.56 Å². The highest BCUT2D eigenvalue weighted by molar-refractivity contribution is 6.29. The molecule has 0 fully saturated rings. The van der Waals surface area contributed by atoms with Gasteiger partial charge in [-0.15, -0.1) is 0 Å². The van der Waals surface area contributed by atoms with E-state index in [-0.39, 0.29) is 6.54 Å². The molecule has 66 valence electrons. The summed E-state index contributed by atoms with van der Waals surface area (Å²) in [5, 5.41) is 9.65. The van der Waals surface area contributed by atoms with Gasteiger partial charge < -0.3 is 10.8 Å². The van der Waals surface area contributed by atoms with Crippen molar-refractivity contribution < 1.29 is 5.11 Å². The van der Waals surface area contributed by atoms with Crippen molar-refractivity contribution in [3.8, 4) is 0 Å². The molecule has 1 rings (SSSR count). The molecule has 1 aromatic rings. The van der Waals surface area contributed by atoms with Crippen LogP contribution < -0.4 is 5.73 Å². The molecular weight excluding hydrogens is 176 g/mol. The van der Waals surface area contributed by atoms with E-state index in [0.29, 0.717) is 11.6 Å². The predicted octanol–water partition coefficient (Wildman–Crippen LogP) is 0.597. The Morgan fingerprint density at radius 3 is 2.83 bits per heavy atom. The third-order valence-corrected chi connectivity index (χ3v) is 1.76. The number of aliphatic hydroxyl groups excluding tert-OH is 1. The monoisotopic (exact) mass is 186 g/mol. The van der Waals surface area contributed by atoms with Gasteiger partial charge in [-0.3, -0.25) is 0 Å². The largest absolute Gasteiger partial charge is 0.391 e. The van der Waals surface area contributed by atoms with Crippen LogP contribution in [0.25, 0.3) is 0 Å². The fraction of sp³-hybridized carbons (Fsp3) is 0.375. The molecule has 4 heteroatoms. The fourth-order valence-electron chi connectivity index (χ4n) is 0.883. The first-order valence-electron chi connectivity index (χ1n) is 3.71. The Morgan fingerprint density at radius 1 is 1.58 bits per heavy atom. The van der Waals surface area contributed by atoms with E-state index < -0.39 is 6.10 Å². The number of aromatic nitrogens is 1. The minimum atomic E-state index is -0.493. The molecule has 3 nitrogen and oxygen atoms in total. The molecule has 1 aromatic heterocycles. The van der Waals surface area contributed by atoms with Gasteiger partial charge in [-0.1, -0.05) is 17.7 Å². The van der Waals surface area contributed by atoms with Crippen molar-refractivity contribution in [2.75, 3.05) is 6.54 Å². The maximum atomic E-state index is 9.19. The molecule has 0 saturated carbocycles. The molecule has 0 amide bonds. The van der Waals surface area contributed by atoms with E-state index in [1.54, 1.807) is 12.3 Å². The van der Waals surface area contributed by atoms with Crippen LogP contribution in [0.5, 0.6) is 0 Å². The van der Waals surface area contributed by atoms with Gasteiger partial charge >= 0.3 is 0 Å². The summed E-state index contributed by atoms with van der Waals surface area (Å²) < 4.78 is 0. The second-order valence-corrected chi connectivity index (χ2v) is 2.97. The Balaban J connectivity index is 2.58. The van der Waals surface area contributed by atoms with Gasteiger partial charge in [0, 0.05) is 19.2 Å². The summed E-state index contributed by atoms with van der Waals surface area (Å²) in [6.45, 7) is 0.266. The van der Waals surface area contributed by atoms with E-state index in [2.05, 4.69) is 4.98 Å². The zero-order valence-electron chi connectivity index (χ0n) is 6.57. The molecule has 0 saturated heterocycles. The SMILES string of the molecule is NCC(O)Cc1ccc(Cl)nc1. The fourth-order valence-corrected chi connectivity index (χ4v) is 0.994. The second kappa shape index (κ2) is 4.40. The summed E-state index contributed by atoms with van der Waals surface area (Å²) in [6.07, 6.45) is 1.68. The molecule has 3 N–H and O–H groups in total. The quantitative estimate of drug-likeness (QED) is 0.680. The Hall–Kier alpha value is -0.640. The van der Waals surface area contributed by atoms with E-state index >= 15 is 0 Å². The van der Waals surface area contributed by atoms with Crippen molar-refractivity contribution in [3.63, 3.8) is 0 Å². The molecule has 0 aliphatic heterocycles. The summed E-state index contributed by atoms with van der Waals surface area (Å²) >= 11 is 5.58. The van der Waals surface area contributed by atoms with Gasteiger partial charge in [0.05, 0.1) is 6.10 Å². The van der Waals surface area contributed by atoms with E-state index in [4.69, 9.17) is 17.3 Å². The standard InChI is InChI=1S/C8H11ClN2O/c9-8-2-1-6(5-11-8)3-7(12)4-10/h1-2,5,7,12H,3-4,10H2. The van der Waals surface area contributed by atoms with Crippen LogP contribution in [0.15, 0.2) is 18.3 Å². The first-order valence-corrected chi connectivity index (χ1v) is 4.08. The average Bonchev–Trinajstić information content (AvgIpc) is 2.09. The van der Waals surface area contributed by atoms with Crippen molar-refractivity contribution in [2.24, 2.45) is 5.73 Å². The Morgan fingerprint density at radius 2 is 2.33 bits per heavy atom. The van der Waals surface area contributed by atoms with Gasteiger partial charge in [0.2, 0.25) is 0 Å². The molecule has 1 atom stereocenters. The van der Waals surface area contributed by atoms with Crippen molar-refractivity contribution >= 4 is 11.6 Å². The third kappa shape index (κ3) is 2.77. The summed E-state index contributed by atoms with van der Waals surface area (Å²) in [7, 11) is 0. The maximum absolute atomic E-state index is 9.19. The van der Waals surface area contributed by atoms with E-state index in [1.807, 2.05) is 6.07 Å². The molecule has 0 aliphatic carbocycles. The highest BCUT2D eigenvalue weighted by Crippen LogP contribution is 2.06. The first-order chi connectivity index (χ1) is 5.72. The minimum Gasteiger partial charge on any atom is -0.391 e. The van der Waals surface area contributed by atoms with Crippen molar-refractivity contribution in [1.29, 1.82) is 0 Å². The zero-order valence-corrected chi connectivity index (χ0v) is 7.33. The van der Waals surface area contributed by atoms with E-state index in [9.17, 15) is 5.11 Å². The predicted molar refractivity (Wildman–Crippen MR) is 48.0 cm³/mol. The number of pyridine rings is 1. The van der Waals surface area contributed by atoms with Gasteiger partial charge in [0.25, 0.3) is 0 Å². The molecule has 1 heterocycles. The van der Waals surface area contributed by atoms with Crippen LogP contribution in [0, 0.1) is 0 Å². The van der Waals surface area contributed by atoms with Crippen LogP contribution in [0.3, 0.4) is 0 Å². The normalized spacial score (nSPS) is 12.9. The number of rotatable bonds is 3. The molecule has 1 unspecified atom stereocenters. The van der Waals surface area contributed by atoms with Crippen molar-refractivity contribution in [2.45, 2.75) is 12.5 Å². The highest BCUT2D eigenvalue weighted by atomic mass is 35.5. The lowest BCUT2D eigenvalue weighted by Crippen LogP contribution is -2.21. The average molecular weight is 187 g/mol. The molecular formula is C8H11ClN2O. The van der Waals surface area contributed by atoms with Crippen LogP contribution in [0.1, 0.15) is 5.56 Å². The Kier molecular flexibility index (Phi) is 3.47. The lowest BCUT2D eigenvalue weighted by Gasteiger charge is -2.06. The number of hydrogen-bond acceptors (Lipinski definition) is 3. The number of nitrogens with zero attached hydrogens (tertiary/aromatic N) is 1. The number of halogens is 1. The lowest BCUT2D eigenvalue weighted by molar-refractivity contribution is 0.183. The lowest BCUT2D eigenvalue weighted by atomic mass is 10.1. The van der Waals surface area contributed by atoms with Crippen LogP contribution >= 0.6 is 11.6 Å². The highest BCUT2D eigenvalue weighted by Gasteiger charge is 2.02. The Bertz CT molecular complexity index is 237. The van der Waals surface area contributed by atoms with Crippen LogP contribution in [0.4, 0.5) is 0 Å². The van der Waals surface area contributed by atoms with Crippen LogP contribution in [-0.4, -0.2) is 22.7 Å². The molecule has 12 heavy (non-hydrogen) atoms. The molecule has 0 radical (unpaired) electrons. The molecule has 0 aromatic carbocycles. The van der Waals surface area contributed by atoms with Gasteiger partial charge in [-0.25, -0.2) is 4.98 Å². The summed E-state index contributed by atoms with van der Waals surface area (Å²) in [6, 6.07) is 3.52. The second-order valence-electron chi connectivity index (χ2n) is 2.58. The third-order valence-electron chi connectivity index (χ3n) is 1.53. The molecule has 0 aliphatic rings. The summed E-state index contributed by atoms with van der Waals surface area (Å²) in [4.78, 5) is 3.88. The van der Waals surface area contributed by atoms with Gasteiger partial charge in [-0.05, 0) is 11.6 Å². The minimum absolute atomic E-state index is 0.266. The molecule has 0 bridgehead atoms. The topological polar surface area (TPSA) is 59.1 Å². The van der Waals surface area contributed by atoms with Crippen molar-refractivity contribution in [3.05, 3.63) is 29.0 Å². The first kappa shape index (κ1) is 9.45. The van der Waals surface area contributed by atoms with Crippen molar-refractivity contribution in [1.82, 2.24) is 4.98 Å². The van der Waals surface area contributed by atoms with Crippen LogP contribution in [0.2, 0.25) is 5.15 Å². The number of hydrogen-bond donors (Lipinski definition) is 2. The van der Waals surface area contributed by atoms with Crippen LogP contribution in [-0.2, 0) is 6.42 Å². The Labute approximate surface area is 76.2 Å². The number of nitrogens with two attached hydrogens (primary N) is 1. The maximum Gasteiger partial charge on any atom is 0.129 e. The van der Waals surface area contributed by atoms with Gasteiger partial charge in [0.15, 0.2) is 0 Å². The summed E-state index contributed by atoms with van der Waals surface area (Å²) in [5.74, 6) is 0. The number of aliphatic hydroxyl groups is 1. The van der Waals surface area contributed by atoms with Gasteiger partial charge in [0.1, 0.15) is 5.15 Å². The molecule has 0 spiro atoms.